The van der Waals surface area contributed by atoms with E-state index in [0.29, 0.717) is 17.6 Å². The van der Waals surface area contributed by atoms with E-state index in [1.165, 1.54) is 25.7 Å². The quantitative estimate of drug-likeness (QED) is 0.585. The summed E-state index contributed by atoms with van der Waals surface area (Å²) in [5.74, 6) is 7.27. The SMILES string of the molecule is NNc1cccc(OCC2CCCC2)n1. The van der Waals surface area contributed by atoms with Crippen LogP contribution >= 0.6 is 0 Å². The van der Waals surface area contributed by atoms with Crippen molar-refractivity contribution in [2.75, 3.05) is 12.0 Å². The second-order valence-corrected chi connectivity index (χ2v) is 3.97. The van der Waals surface area contributed by atoms with Crippen molar-refractivity contribution in [1.82, 2.24) is 4.98 Å². The first-order valence-corrected chi connectivity index (χ1v) is 5.45. The van der Waals surface area contributed by atoms with Crippen molar-refractivity contribution < 1.29 is 4.74 Å². The molecule has 3 N–H and O–H groups in total. The van der Waals surface area contributed by atoms with E-state index >= 15 is 0 Å². The first kappa shape index (κ1) is 10.2. The van der Waals surface area contributed by atoms with Crippen LogP contribution < -0.4 is 16.0 Å². The van der Waals surface area contributed by atoms with E-state index < -0.39 is 0 Å². The minimum Gasteiger partial charge on any atom is -0.477 e. The lowest BCUT2D eigenvalue weighted by atomic mass is 10.1. The van der Waals surface area contributed by atoms with Gasteiger partial charge in [0.2, 0.25) is 5.88 Å². The van der Waals surface area contributed by atoms with Crippen molar-refractivity contribution in [3.05, 3.63) is 18.2 Å². The average molecular weight is 207 g/mol. The molecule has 1 aliphatic rings. The smallest absolute Gasteiger partial charge is 0.215 e. The van der Waals surface area contributed by atoms with Crippen LogP contribution in [0.4, 0.5) is 5.82 Å². The minimum absolute atomic E-state index is 0.638. The molecule has 82 valence electrons. The van der Waals surface area contributed by atoms with Crippen molar-refractivity contribution in [2.24, 2.45) is 11.8 Å². The number of anilines is 1. The largest absolute Gasteiger partial charge is 0.477 e. The lowest BCUT2D eigenvalue weighted by Crippen LogP contribution is -2.11. The van der Waals surface area contributed by atoms with Crippen molar-refractivity contribution >= 4 is 5.82 Å². The zero-order chi connectivity index (χ0) is 10.5. The number of pyridine rings is 1. The van der Waals surface area contributed by atoms with Gasteiger partial charge < -0.3 is 10.2 Å². The van der Waals surface area contributed by atoms with Gasteiger partial charge in [-0.1, -0.05) is 18.9 Å². The standard InChI is InChI=1S/C11H17N3O/c12-14-10-6-3-7-11(13-10)15-8-9-4-1-2-5-9/h3,6-7,9H,1-2,4-5,8,12H2,(H,13,14). The van der Waals surface area contributed by atoms with Gasteiger partial charge in [-0.2, -0.15) is 4.98 Å². The molecule has 0 amide bonds. The molecule has 4 heteroatoms. The Bertz CT molecular complexity index is 310. The number of aromatic nitrogens is 1. The van der Waals surface area contributed by atoms with Crippen LogP contribution in [0.15, 0.2) is 18.2 Å². The van der Waals surface area contributed by atoms with E-state index in [4.69, 9.17) is 10.6 Å². The zero-order valence-electron chi connectivity index (χ0n) is 8.78. The molecule has 0 radical (unpaired) electrons. The normalized spacial score (nSPS) is 16.6. The van der Waals surface area contributed by atoms with Gasteiger partial charge in [0.05, 0.1) is 6.61 Å². The summed E-state index contributed by atoms with van der Waals surface area (Å²) in [5.41, 5.74) is 2.50. The number of rotatable bonds is 4. The van der Waals surface area contributed by atoms with Crippen molar-refractivity contribution in [1.29, 1.82) is 0 Å². The van der Waals surface area contributed by atoms with E-state index in [1.54, 1.807) is 0 Å². The van der Waals surface area contributed by atoms with Crippen LogP contribution in [0.25, 0.3) is 0 Å². The number of hydrogen-bond acceptors (Lipinski definition) is 4. The predicted molar refractivity (Wildman–Crippen MR) is 59.5 cm³/mol. The van der Waals surface area contributed by atoms with E-state index in [0.717, 1.165) is 6.61 Å². The number of nitrogens with one attached hydrogen (secondary N) is 1. The second kappa shape index (κ2) is 4.98. The fourth-order valence-corrected chi connectivity index (χ4v) is 1.96. The minimum atomic E-state index is 0.638. The van der Waals surface area contributed by atoms with Gasteiger partial charge >= 0.3 is 0 Å². The van der Waals surface area contributed by atoms with Gasteiger partial charge in [-0.15, -0.1) is 0 Å². The third-order valence-corrected chi connectivity index (χ3v) is 2.81. The summed E-state index contributed by atoms with van der Waals surface area (Å²) >= 11 is 0. The highest BCUT2D eigenvalue weighted by Crippen LogP contribution is 2.25. The van der Waals surface area contributed by atoms with Crippen LogP contribution in [0.2, 0.25) is 0 Å². The van der Waals surface area contributed by atoms with Gasteiger partial charge in [0.25, 0.3) is 0 Å². The molecule has 4 nitrogen and oxygen atoms in total. The lowest BCUT2D eigenvalue weighted by molar-refractivity contribution is 0.244. The molecule has 0 saturated heterocycles. The molecule has 0 spiro atoms. The summed E-state index contributed by atoms with van der Waals surface area (Å²) in [4.78, 5) is 4.19. The molecule has 1 saturated carbocycles. The van der Waals surface area contributed by atoms with Crippen LogP contribution in [-0.2, 0) is 0 Å². The Hall–Kier alpha value is -1.29. The van der Waals surface area contributed by atoms with E-state index in [9.17, 15) is 0 Å². The highest BCUT2D eigenvalue weighted by atomic mass is 16.5. The maximum Gasteiger partial charge on any atom is 0.215 e. The summed E-state index contributed by atoms with van der Waals surface area (Å²) in [6, 6.07) is 5.55. The number of nitrogens with two attached hydrogens (primary N) is 1. The lowest BCUT2D eigenvalue weighted by Gasteiger charge is -2.10. The Labute approximate surface area is 89.8 Å². The molecule has 1 aromatic rings. The molecular weight excluding hydrogens is 190 g/mol. The second-order valence-electron chi connectivity index (χ2n) is 3.97. The molecule has 2 rings (SSSR count). The Morgan fingerprint density at radius 3 is 2.93 bits per heavy atom. The highest BCUT2D eigenvalue weighted by Gasteiger charge is 2.15. The van der Waals surface area contributed by atoms with Crippen molar-refractivity contribution in [3.8, 4) is 5.88 Å². The number of ether oxygens (including phenoxy) is 1. The van der Waals surface area contributed by atoms with Crippen LogP contribution in [0.1, 0.15) is 25.7 Å². The first-order chi connectivity index (χ1) is 7.38. The van der Waals surface area contributed by atoms with Crippen molar-refractivity contribution in [3.63, 3.8) is 0 Å². The molecule has 1 aliphatic carbocycles. The Morgan fingerprint density at radius 1 is 1.40 bits per heavy atom. The maximum absolute atomic E-state index is 5.63. The molecule has 1 heterocycles. The molecule has 0 bridgehead atoms. The first-order valence-electron chi connectivity index (χ1n) is 5.45. The highest BCUT2D eigenvalue weighted by molar-refractivity contribution is 5.35. The predicted octanol–water partition coefficient (Wildman–Crippen LogP) is 1.94. The summed E-state index contributed by atoms with van der Waals surface area (Å²) < 4.78 is 5.63. The molecule has 1 aromatic heterocycles. The fourth-order valence-electron chi connectivity index (χ4n) is 1.96. The number of hydrogen-bond donors (Lipinski definition) is 2. The van der Waals surface area contributed by atoms with E-state index in [-0.39, 0.29) is 0 Å². The van der Waals surface area contributed by atoms with Crippen LogP contribution in [0.3, 0.4) is 0 Å². The Morgan fingerprint density at radius 2 is 2.20 bits per heavy atom. The number of nitrogen functional groups attached to an aromatic ring is 1. The van der Waals surface area contributed by atoms with Crippen LogP contribution in [0, 0.1) is 5.92 Å². The molecule has 0 aromatic carbocycles. The average Bonchev–Trinajstić information content (AvgIpc) is 2.79. The van der Waals surface area contributed by atoms with E-state index in [1.807, 2.05) is 18.2 Å². The molecule has 0 atom stereocenters. The third kappa shape index (κ3) is 2.83. The molecular formula is C11H17N3O. The Kier molecular flexibility index (Phi) is 3.40. The number of hydrazine groups is 1. The van der Waals surface area contributed by atoms with Crippen molar-refractivity contribution in [2.45, 2.75) is 25.7 Å². The van der Waals surface area contributed by atoms with E-state index in [2.05, 4.69) is 10.4 Å². The van der Waals surface area contributed by atoms with Gasteiger partial charge in [-0.25, -0.2) is 5.84 Å². The van der Waals surface area contributed by atoms with Crippen LogP contribution in [0.5, 0.6) is 5.88 Å². The number of nitrogens with zero attached hydrogens (tertiary/aromatic N) is 1. The van der Waals surface area contributed by atoms with Crippen LogP contribution in [-0.4, -0.2) is 11.6 Å². The maximum atomic E-state index is 5.63. The molecule has 0 unspecified atom stereocenters. The fraction of sp³-hybridized carbons (Fsp3) is 0.545. The molecule has 15 heavy (non-hydrogen) atoms. The van der Waals surface area contributed by atoms with Gasteiger partial charge in [-0.05, 0) is 24.8 Å². The monoisotopic (exact) mass is 207 g/mol. The van der Waals surface area contributed by atoms with Gasteiger partial charge in [0, 0.05) is 6.07 Å². The summed E-state index contributed by atoms with van der Waals surface area (Å²) in [6.45, 7) is 0.779. The summed E-state index contributed by atoms with van der Waals surface area (Å²) in [7, 11) is 0. The zero-order valence-corrected chi connectivity index (χ0v) is 8.78. The summed E-state index contributed by atoms with van der Waals surface area (Å²) in [5, 5.41) is 0. The third-order valence-electron chi connectivity index (χ3n) is 2.81. The molecule has 1 fully saturated rings. The Balaban J connectivity index is 1.86. The molecule has 0 aliphatic heterocycles. The summed E-state index contributed by atoms with van der Waals surface area (Å²) in [6.07, 6.45) is 5.25. The van der Waals surface area contributed by atoms with Gasteiger partial charge in [0.15, 0.2) is 0 Å². The van der Waals surface area contributed by atoms with Gasteiger partial charge in [0.1, 0.15) is 5.82 Å². The topological polar surface area (TPSA) is 60.2 Å². The van der Waals surface area contributed by atoms with Gasteiger partial charge in [-0.3, -0.25) is 0 Å².